The van der Waals surface area contributed by atoms with Crippen LogP contribution in [0.1, 0.15) is 27.9 Å². The maximum absolute atomic E-state index is 5.53. The number of rotatable bonds is 3. The second-order valence-corrected chi connectivity index (χ2v) is 5.75. The van der Waals surface area contributed by atoms with E-state index < -0.39 is 0 Å². The standard InChI is InChI=1S/C13H18N4S/c1-5-11-8(3)12(17-14)16-13(15-11)10-6-7(2)18-9(10)4/h6H,5,14H2,1-4H3,(H,15,16,17). The number of aryl methyl sites for hydroxylation is 3. The van der Waals surface area contributed by atoms with Crippen molar-refractivity contribution in [3.8, 4) is 11.4 Å². The summed E-state index contributed by atoms with van der Waals surface area (Å²) >= 11 is 1.76. The summed E-state index contributed by atoms with van der Waals surface area (Å²) in [5.41, 5.74) is 5.82. The van der Waals surface area contributed by atoms with Crippen LogP contribution in [0, 0.1) is 20.8 Å². The van der Waals surface area contributed by atoms with E-state index >= 15 is 0 Å². The maximum Gasteiger partial charge on any atom is 0.162 e. The van der Waals surface area contributed by atoms with Crippen molar-refractivity contribution in [1.29, 1.82) is 0 Å². The Balaban J connectivity index is 2.61. The Bertz CT molecular complexity index is 549. The maximum atomic E-state index is 5.53. The predicted octanol–water partition coefficient (Wildman–Crippen LogP) is 2.98. The summed E-state index contributed by atoms with van der Waals surface area (Å²) in [5, 5.41) is 0. The highest BCUT2D eigenvalue weighted by Crippen LogP contribution is 2.30. The van der Waals surface area contributed by atoms with Crippen LogP contribution >= 0.6 is 11.3 Å². The zero-order chi connectivity index (χ0) is 13.3. The SMILES string of the molecule is CCc1nc(-c2cc(C)sc2C)nc(NN)c1C. The molecule has 0 aromatic carbocycles. The predicted molar refractivity (Wildman–Crippen MR) is 76.7 cm³/mol. The van der Waals surface area contributed by atoms with Gasteiger partial charge in [-0.05, 0) is 33.3 Å². The summed E-state index contributed by atoms with van der Waals surface area (Å²) in [7, 11) is 0. The molecular formula is C13H18N4S. The number of nitrogen functional groups attached to an aromatic ring is 1. The molecule has 2 heterocycles. The van der Waals surface area contributed by atoms with E-state index in [0.29, 0.717) is 5.82 Å². The van der Waals surface area contributed by atoms with E-state index in [1.54, 1.807) is 11.3 Å². The smallest absolute Gasteiger partial charge is 0.162 e. The van der Waals surface area contributed by atoms with E-state index in [1.807, 2.05) is 6.92 Å². The van der Waals surface area contributed by atoms with Crippen molar-refractivity contribution in [3.05, 3.63) is 27.1 Å². The number of nitrogens with one attached hydrogen (secondary N) is 1. The van der Waals surface area contributed by atoms with Crippen molar-refractivity contribution in [2.24, 2.45) is 5.84 Å². The van der Waals surface area contributed by atoms with Crippen LogP contribution in [0.5, 0.6) is 0 Å². The van der Waals surface area contributed by atoms with Gasteiger partial charge in [-0.1, -0.05) is 6.92 Å². The number of hydrogen-bond donors (Lipinski definition) is 2. The third-order valence-electron chi connectivity index (χ3n) is 3.00. The van der Waals surface area contributed by atoms with E-state index in [0.717, 1.165) is 29.1 Å². The average Bonchev–Trinajstić information content (AvgIpc) is 2.69. The minimum absolute atomic E-state index is 0.708. The quantitative estimate of drug-likeness (QED) is 0.659. The third kappa shape index (κ3) is 2.23. The first-order valence-electron chi connectivity index (χ1n) is 5.98. The van der Waals surface area contributed by atoms with E-state index in [-0.39, 0.29) is 0 Å². The number of nitrogens with zero attached hydrogens (tertiary/aromatic N) is 2. The normalized spacial score (nSPS) is 10.7. The van der Waals surface area contributed by atoms with E-state index in [1.165, 1.54) is 9.75 Å². The molecule has 2 aromatic heterocycles. The van der Waals surface area contributed by atoms with E-state index in [4.69, 9.17) is 5.84 Å². The Morgan fingerprint density at radius 3 is 2.50 bits per heavy atom. The molecule has 0 aliphatic carbocycles. The van der Waals surface area contributed by atoms with Crippen molar-refractivity contribution in [2.45, 2.75) is 34.1 Å². The molecule has 2 rings (SSSR count). The average molecular weight is 262 g/mol. The largest absolute Gasteiger partial charge is 0.308 e. The van der Waals surface area contributed by atoms with Gasteiger partial charge in [0.2, 0.25) is 0 Å². The lowest BCUT2D eigenvalue weighted by Gasteiger charge is -2.10. The second-order valence-electron chi connectivity index (χ2n) is 4.29. The zero-order valence-electron chi connectivity index (χ0n) is 11.2. The molecule has 0 fully saturated rings. The van der Waals surface area contributed by atoms with Crippen molar-refractivity contribution >= 4 is 17.2 Å². The number of aromatic nitrogens is 2. The first-order valence-corrected chi connectivity index (χ1v) is 6.80. The van der Waals surface area contributed by atoms with Crippen LogP contribution < -0.4 is 11.3 Å². The highest BCUT2D eigenvalue weighted by Gasteiger charge is 2.13. The summed E-state index contributed by atoms with van der Waals surface area (Å²) < 4.78 is 0. The van der Waals surface area contributed by atoms with Crippen molar-refractivity contribution in [1.82, 2.24) is 9.97 Å². The van der Waals surface area contributed by atoms with Crippen LogP contribution in [0.3, 0.4) is 0 Å². The minimum Gasteiger partial charge on any atom is -0.308 e. The van der Waals surface area contributed by atoms with Crippen LogP contribution in [0.2, 0.25) is 0 Å². The van der Waals surface area contributed by atoms with Crippen LogP contribution in [0.25, 0.3) is 11.4 Å². The van der Waals surface area contributed by atoms with Crippen molar-refractivity contribution in [2.75, 3.05) is 5.43 Å². The number of anilines is 1. The molecule has 18 heavy (non-hydrogen) atoms. The van der Waals surface area contributed by atoms with Gasteiger partial charge in [-0.3, -0.25) is 0 Å². The highest BCUT2D eigenvalue weighted by atomic mass is 32.1. The Hall–Kier alpha value is -1.46. The van der Waals surface area contributed by atoms with Gasteiger partial charge in [0.1, 0.15) is 5.82 Å². The molecule has 0 saturated heterocycles. The Kier molecular flexibility index (Phi) is 3.63. The molecular weight excluding hydrogens is 244 g/mol. The molecule has 5 heteroatoms. The summed E-state index contributed by atoms with van der Waals surface area (Å²) in [6, 6.07) is 2.13. The van der Waals surface area contributed by atoms with Crippen molar-refractivity contribution < 1.29 is 0 Å². The molecule has 2 aromatic rings. The second kappa shape index (κ2) is 5.04. The molecule has 4 nitrogen and oxygen atoms in total. The van der Waals surface area contributed by atoms with Crippen molar-refractivity contribution in [3.63, 3.8) is 0 Å². The summed E-state index contributed by atoms with van der Waals surface area (Å²) in [6.07, 6.45) is 0.873. The molecule has 3 N–H and O–H groups in total. The minimum atomic E-state index is 0.708. The zero-order valence-corrected chi connectivity index (χ0v) is 12.0. The number of thiophene rings is 1. The van der Waals surface area contributed by atoms with Crippen LogP contribution in [0.15, 0.2) is 6.07 Å². The number of hydrazine groups is 1. The fourth-order valence-corrected chi connectivity index (χ4v) is 2.94. The van der Waals surface area contributed by atoms with E-state index in [2.05, 4.69) is 42.2 Å². The molecule has 96 valence electrons. The fraction of sp³-hybridized carbons (Fsp3) is 0.385. The molecule has 0 aliphatic rings. The van der Waals surface area contributed by atoms with Gasteiger partial charge in [-0.15, -0.1) is 11.3 Å². The Morgan fingerprint density at radius 2 is 2.00 bits per heavy atom. The third-order valence-corrected chi connectivity index (χ3v) is 3.97. The van der Waals surface area contributed by atoms with Gasteiger partial charge in [0.25, 0.3) is 0 Å². The Morgan fingerprint density at radius 1 is 1.28 bits per heavy atom. The fourth-order valence-electron chi connectivity index (χ4n) is 2.02. The molecule has 0 radical (unpaired) electrons. The lowest BCUT2D eigenvalue weighted by atomic mass is 10.1. The van der Waals surface area contributed by atoms with Gasteiger partial charge in [0.15, 0.2) is 5.82 Å². The van der Waals surface area contributed by atoms with Gasteiger partial charge in [0.05, 0.1) is 0 Å². The first-order chi connectivity index (χ1) is 8.56. The molecule has 0 bridgehead atoms. The van der Waals surface area contributed by atoms with Gasteiger partial charge in [-0.25, -0.2) is 15.8 Å². The highest BCUT2D eigenvalue weighted by molar-refractivity contribution is 7.12. The molecule has 0 aliphatic heterocycles. The van der Waals surface area contributed by atoms with Gasteiger partial charge < -0.3 is 5.43 Å². The topological polar surface area (TPSA) is 63.8 Å². The molecule has 0 amide bonds. The molecule has 0 saturated carbocycles. The number of nitrogens with two attached hydrogens (primary N) is 1. The molecule has 0 spiro atoms. The van der Waals surface area contributed by atoms with Gasteiger partial charge in [-0.2, -0.15) is 0 Å². The first kappa shape index (κ1) is 13.0. The molecule has 0 unspecified atom stereocenters. The molecule has 0 atom stereocenters. The summed E-state index contributed by atoms with van der Waals surface area (Å²) in [4.78, 5) is 11.7. The lowest BCUT2D eigenvalue weighted by molar-refractivity contribution is 0.973. The Labute approximate surface area is 111 Å². The van der Waals surface area contributed by atoms with Gasteiger partial charge >= 0.3 is 0 Å². The lowest BCUT2D eigenvalue weighted by Crippen LogP contribution is -2.13. The summed E-state index contributed by atoms with van der Waals surface area (Å²) in [6.45, 7) is 8.27. The number of hydrogen-bond acceptors (Lipinski definition) is 5. The van der Waals surface area contributed by atoms with E-state index in [9.17, 15) is 0 Å². The van der Waals surface area contributed by atoms with Crippen LogP contribution in [-0.4, -0.2) is 9.97 Å². The van der Waals surface area contributed by atoms with Crippen LogP contribution in [-0.2, 0) is 6.42 Å². The summed E-state index contributed by atoms with van der Waals surface area (Å²) in [5.74, 6) is 6.99. The van der Waals surface area contributed by atoms with Gasteiger partial charge in [0, 0.05) is 26.6 Å². The monoisotopic (exact) mass is 262 g/mol. The van der Waals surface area contributed by atoms with Crippen LogP contribution in [0.4, 0.5) is 5.82 Å².